The zero-order chi connectivity index (χ0) is 18.5. The van der Waals surface area contributed by atoms with Crippen molar-refractivity contribution in [3.05, 3.63) is 83.1 Å². The third-order valence-electron chi connectivity index (χ3n) is 3.75. The second-order valence-electron chi connectivity index (χ2n) is 6.10. The van der Waals surface area contributed by atoms with Crippen molar-refractivity contribution in [2.24, 2.45) is 0 Å². The molecule has 0 spiro atoms. The van der Waals surface area contributed by atoms with Gasteiger partial charge in [0.05, 0.1) is 12.4 Å². The van der Waals surface area contributed by atoms with Crippen LogP contribution in [0.1, 0.15) is 27.2 Å². The highest BCUT2D eigenvalue weighted by Crippen LogP contribution is 2.15. The molecule has 3 aromatic rings. The molecule has 0 atom stereocenters. The first-order valence-corrected chi connectivity index (χ1v) is 8.19. The molecular formula is C20H19FN4O. The summed E-state index contributed by atoms with van der Waals surface area (Å²) in [6, 6.07) is 12.0. The van der Waals surface area contributed by atoms with E-state index in [1.807, 2.05) is 32.0 Å². The summed E-state index contributed by atoms with van der Waals surface area (Å²) in [6.45, 7) is 4.44. The predicted molar refractivity (Wildman–Crippen MR) is 99.6 cm³/mol. The summed E-state index contributed by atoms with van der Waals surface area (Å²) in [7, 11) is 0. The van der Waals surface area contributed by atoms with E-state index in [-0.39, 0.29) is 17.4 Å². The summed E-state index contributed by atoms with van der Waals surface area (Å²) in [4.78, 5) is 20.6. The molecule has 1 heterocycles. The molecule has 2 N–H and O–H groups in total. The molecule has 0 aliphatic rings. The van der Waals surface area contributed by atoms with Gasteiger partial charge in [-0.25, -0.2) is 14.4 Å². The number of carbonyl (C=O) groups is 1. The SMILES string of the molecule is Cc1cc(C)cc(NC(=O)c2cnc(NCc3ccc(F)cc3)cn2)c1. The summed E-state index contributed by atoms with van der Waals surface area (Å²) in [5.74, 6) is -0.0439. The molecule has 26 heavy (non-hydrogen) atoms. The van der Waals surface area contributed by atoms with E-state index in [1.54, 1.807) is 12.1 Å². The normalized spacial score (nSPS) is 10.4. The van der Waals surface area contributed by atoms with Gasteiger partial charge in [0.1, 0.15) is 17.3 Å². The number of aryl methyl sites for hydroxylation is 2. The molecule has 0 fully saturated rings. The van der Waals surface area contributed by atoms with Crippen LogP contribution in [-0.2, 0) is 6.54 Å². The Labute approximate surface area is 151 Å². The van der Waals surface area contributed by atoms with Gasteiger partial charge in [-0.2, -0.15) is 0 Å². The first-order valence-electron chi connectivity index (χ1n) is 8.19. The van der Waals surface area contributed by atoms with Crippen molar-refractivity contribution in [1.82, 2.24) is 9.97 Å². The number of carbonyl (C=O) groups excluding carboxylic acids is 1. The van der Waals surface area contributed by atoms with E-state index < -0.39 is 0 Å². The standard InChI is InChI=1S/C20H19FN4O/c1-13-7-14(2)9-17(8-13)25-20(26)18-11-24-19(12-22-18)23-10-15-3-5-16(21)6-4-15/h3-9,11-12H,10H2,1-2H3,(H,23,24)(H,25,26). The number of rotatable bonds is 5. The fraction of sp³-hybridized carbons (Fsp3) is 0.150. The lowest BCUT2D eigenvalue weighted by Gasteiger charge is -2.08. The van der Waals surface area contributed by atoms with E-state index in [2.05, 4.69) is 20.6 Å². The molecule has 0 unspecified atom stereocenters. The van der Waals surface area contributed by atoms with Gasteiger partial charge in [-0.1, -0.05) is 18.2 Å². The second-order valence-corrected chi connectivity index (χ2v) is 6.10. The van der Waals surface area contributed by atoms with Gasteiger partial charge in [0.25, 0.3) is 5.91 Å². The third-order valence-corrected chi connectivity index (χ3v) is 3.75. The minimum absolute atomic E-state index is 0.233. The monoisotopic (exact) mass is 350 g/mol. The van der Waals surface area contributed by atoms with Gasteiger partial charge in [-0.3, -0.25) is 4.79 Å². The molecule has 3 rings (SSSR count). The minimum atomic E-state index is -0.312. The number of aromatic nitrogens is 2. The number of nitrogens with zero attached hydrogens (tertiary/aromatic N) is 2. The van der Waals surface area contributed by atoms with Crippen LogP contribution in [0.3, 0.4) is 0 Å². The Hall–Kier alpha value is -3.28. The molecule has 0 aliphatic carbocycles. The Balaban J connectivity index is 1.61. The van der Waals surface area contributed by atoms with Gasteiger partial charge in [0.2, 0.25) is 0 Å². The maximum atomic E-state index is 12.9. The maximum absolute atomic E-state index is 12.9. The number of benzene rings is 2. The highest BCUT2D eigenvalue weighted by molar-refractivity contribution is 6.02. The van der Waals surface area contributed by atoms with Crippen LogP contribution in [-0.4, -0.2) is 15.9 Å². The zero-order valence-electron chi connectivity index (χ0n) is 14.6. The largest absolute Gasteiger partial charge is 0.365 e. The van der Waals surface area contributed by atoms with Gasteiger partial charge in [0, 0.05) is 12.2 Å². The lowest BCUT2D eigenvalue weighted by atomic mass is 10.1. The van der Waals surface area contributed by atoms with Crippen LogP contribution in [0.25, 0.3) is 0 Å². The average molecular weight is 350 g/mol. The van der Waals surface area contributed by atoms with Crippen LogP contribution in [0, 0.1) is 19.7 Å². The highest BCUT2D eigenvalue weighted by atomic mass is 19.1. The third kappa shape index (κ3) is 4.63. The van der Waals surface area contributed by atoms with Crippen LogP contribution in [0.2, 0.25) is 0 Å². The van der Waals surface area contributed by atoms with Crippen LogP contribution in [0.4, 0.5) is 15.9 Å². The molecule has 6 heteroatoms. The summed E-state index contributed by atoms with van der Waals surface area (Å²) < 4.78 is 12.9. The molecule has 5 nitrogen and oxygen atoms in total. The highest BCUT2D eigenvalue weighted by Gasteiger charge is 2.09. The van der Waals surface area contributed by atoms with E-state index >= 15 is 0 Å². The summed E-state index contributed by atoms with van der Waals surface area (Å²) >= 11 is 0. The van der Waals surface area contributed by atoms with E-state index in [1.165, 1.54) is 24.5 Å². The van der Waals surface area contributed by atoms with E-state index in [0.29, 0.717) is 12.4 Å². The van der Waals surface area contributed by atoms with Crippen molar-refractivity contribution in [3.63, 3.8) is 0 Å². The number of amides is 1. The molecule has 132 valence electrons. The van der Waals surface area contributed by atoms with Crippen molar-refractivity contribution in [1.29, 1.82) is 0 Å². The van der Waals surface area contributed by atoms with E-state index in [0.717, 1.165) is 22.4 Å². The Morgan fingerprint density at radius 2 is 1.69 bits per heavy atom. The zero-order valence-corrected chi connectivity index (χ0v) is 14.6. The van der Waals surface area contributed by atoms with Crippen LogP contribution < -0.4 is 10.6 Å². The van der Waals surface area contributed by atoms with Crippen LogP contribution in [0.5, 0.6) is 0 Å². The fourth-order valence-electron chi connectivity index (χ4n) is 2.57. The van der Waals surface area contributed by atoms with Gasteiger partial charge in [-0.15, -0.1) is 0 Å². The molecule has 1 amide bonds. The van der Waals surface area contributed by atoms with Crippen LogP contribution in [0.15, 0.2) is 54.9 Å². The fourth-order valence-corrected chi connectivity index (χ4v) is 2.57. The first-order chi connectivity index (χ1) is 12.5. The minimum Gasteiger partial charge on any atom is -0.365 e. The maximum Gasteiger partial charge on any atom is 0.275 e. The number of halogens is 1. The van der Waals surface area contributed by atoms with Crippen LogP contribution >= 0.6 is 0 Å². The average Bonchev–Trinajstić information content (AvgIpc) is 2.61. The Kier molecular flexibility index (Phi) is 5.22. The van der Waals surface area contributed by atoms with Crippen molar-refractivity contribution < 1.29 is 9.18 Å². The van der Waals surface area contributed by atoms with Crippen molar-refractivity contribution in [2.75, 3.05) is 10.6 Å². The van der Waals surface area contributed by atoms with Gasteiger partial charge in [0.15, 0.2) is 0 Å². The summed E-state index contributed by atoms with van der Waals surface area (Å²) in [5, 5.41) is 5.91. The topological polar surface area (TPSA) is 66.9 Å². The van der Waals surface area contributed by atoms with Gasteiger partial charge in [-0.05, 0) is 54.8 Å². The molecule has 0 saturated carbocycles. The van der Waals surface area contributed by atoms with E-state index in [9.17, 15) is 9.18 Å². The first kappa shape index (κ1) is 17.5. The molecule has 0 bridgehead atoms. The second kappa shape index (κ2) is 7.74. The Morgan fingerprint density at radius 1 is 1.00 bits per heavy atom. The smallest absolute Gasteiger partial charge is 0.275 e. The summed E-state index contributed by atoms with van der Waals surface area (Å²) in [5.41, 5.74) is 4.03. The molecule has 0 radical (unpaired) electrons. The van der Waals surface area contributed by atoms with Gasteiger partial charge >= 0.3 is 0 Å². The number of anilines is 2. The van der Waals surface area contributed by atoms with Crippen molar-refractivity contribution in [3.8, 4) is 0 Å². The predicted octanol–water partition coefficient (Wildman–Crippen LogP) is 4.10. The van der Waals surface area contributed by atoms with Crippen molar-refractivity contribution in [2.45, 2.75) is 20.4 Å². The number of nitrogens with one attached hydrogen (secondary N) is 2. The molecule has 0 saturated heterocycles. The molecule has 1 aromatic heterocycles. The molecule has 2 aromatic carbocycles. The van der Waals surface area contributed by atoms with E-state index in [4.69, 9.17) is 0 Å². The Bertz CT molecular complexity index is 888. The summed E-state index contributed by atoms with van der Waals surface area (Å²) in [6.07, 6.45) is 2.92. The Morgan fingerprint density at radius 3 is 2.31 bits per heavy atom. The lowest BCUT2D eigenvalue weighted by Crippen LogP contribution is -2.14. The molecular weight excluding hydrogens is 331 g/mol. The quantitative estimate of drug-likeness (QED) is 0.727. The number of hydrogen-bond acceptors (Lipinski definition) is 4. The number of hydrogen-bond donors (Lipinski definition) is 2. The van der Waals surface area contributed by atoms with Gasteiger partial charge < -0.3 is 10.6 Å². The lowest BCUT2D eigenvalue weighted by molar-refractivity contribution is 0.102. The van der Waals surface area contributed by atoms with Crippen molar-refractivity contribution >= 4 is 17.4 Å². The molecule has 0 aliphatic heterocycles.